The number of carboxylic acid groups (broad SMARTS) is 1. The summed E-state index contributed by atoms with van der Waals surface area (Å²) in [5, 5.41) is 9.26. The van der Waals surface area contributed by atoms with Crippen LogP contribution < -0.4 is 0 Å². The van der Waals surface area contributed by atoms with Crippen molar-refractivity contribution in [2.75, 3.05) is 0 Å². The molecule has 92 valence electrons. The zero-order valence-corrected chi connectivity index (χ0v) is 10.8. The van der Waals surface area contributed by atoms with Crippen LogP contribution in [-0.2, 0) is 0 Å². The lowest BCUT2D eigenvalue weighted by Gasteiger charge is -2.11. The van der Waals surface area contributed by atoms with Crippen molar-refractivity contribution in [2.24, 2.45) is 0 Å². The number of aromatic carboxylic acids is 1. The molecule has 2 nitrogen and oxygen atoms in total. The Morgan fingerprint density at radius 2 is 1.50 bits per heavy atom. The fraction of sp³-hybridized carbons (Fsp3) is 0.188. The Hall–Kier alpha value is -2.09. The molecule has 0 unspecified atom stereocenters. The molecule has 0 saturated carbocycles. The van der Waals surface area contributed by atoms with E-state index in [0.29, 0.717) is 5.56 Å². The fourth-order valence-electron chi connectivity index (χ4n) is 2.18. The molecule has 0 radical (unpaired) electrons. The first-order valence-electron chi connectivity index (χ1n) is 5.90. The average Bonchev–Trinajstić information content (AvgIpc) is 2.28. The Bertz CT molecular complexity index is 612. The van der Waals surface area contributed by atoms with Crippen LogP contribution in [0.15, 0.2) is 36.4 Å². The summed E-state index contributed by atoms with van der Waals surface area (Å²) < 4.78 is 0. The molecule has 2 aromatic carbocycles. The van der Waals surface area contributed by atoms with E-state index >= 15 is 0 Å². The van der Waals surface area contributed by atoms with Crippen LogP contribution in [0.1, 0.15) is 27.0 Å². The van der Waals surface area contributed by atoms with Crippen LogP contribution in [-0.4, -0.2) is 11.1 Å². The van der Waals surface area contributed by atoms with Crippen LogP contribution in [0.4, 0.5) is 0 Å². The van der Waals surface area contributed by atoms with Gasteiger partial charge in [0, 0.05) is 0 Å². The van der Waals surface area contributed by atoms with E-state index < -0.39 is 5.97 Å². The summed E-state index contributed by atoms with van der Waals surface area (Å²) >= 11 is 0. The minimum absolute atomic E-state index is 0.354. The van der Waals surface area contributed by atoms with Crippen LogP contribution in [0, 0.1) is 20.8 Å². The minimum Gasteiger partial charge on any atom is -0.478 e. The van der Waals surface area contributed by atoms with Gasteiger partial charge >= 0.3 is 5.97 Å². The molecule has 0 aliphatic rings. The maximum absolute atomic E-state index is 11.3. The predicted molar refractivity (Wildman–Crippen MR) is 73.0 cm³/mol. The van der Waals surface area contributed by atoms with E-state index in [9.17, 15) is 9.90 Å². The number of rotatable bonds is 2. The van der Waals surface area contributed by atoms with Gasteiger partial charge in [-0.2, -0.15) is 0 Å². The van der Waals surface area contributed by atoms with Gasteiger partial charge in [-0.25, -0.2) is 4.79 Å². The van der Waals surface area contributed by atoms with E-state index in [1.165, 1.54) is 5.56 Å². The molecule has 2 rings (SSSR count). The summed E-state index contributed by atoms with van der Waals surface area (Å²) in [6.45, 7) is 6.01. The number of benzene rings is 2. The number of carboxylic acids is 1. The molecule has 0 atom stereocenters. The predicted octanol–water partition coefficient (Wildman–Crippen LogP) is 3.98. The molecule has 0 saturated heterocycles. The second-order valence-corrected chi connectivity index (χ2v) is 4.67. The van der Waals surface area contributed by atoms with E-state index in [-0.39, 0.29) is 0 Å². The quantitative estimate of drug-likeness (QED) is 0.862. The smallest absolute Gasteiger partial charge is 0.336 e. The molecule has 0 spiro atoms. The number of hydrogen-bond acceptors (Lipinski definition) is 1. The first kappa shape index (κ1) is 12.4. The van der Waals surface area contributed by atoms with Crippen molar-refractivity contribution in [3.63, 3.8) is 0 Å². The zero-order valence-electron chi connectivity index (χ0n) is 10.8. The molecular weight excluding hydrogens is 224 g/mol. The molecule has 0 amide bonds. The molecule has 0 bridgehead atoms. The van der Waals surface area contributed by atoms with E-state index in [1.807, 2.05) is 45.0 Å². The highest BCUT2D eigenvalue weighted by atomic mass is 16.4. The van der Waals surface area contributed by atoms with Crippen LogP contribution >= 0.6 is 0 Å². The maximum Gasteiger partial charge on any atom is 0.336 e. The molecule has 0 aliphatic carbocycles. The molecule has 0 aromatic heterocycles. The Balaban J connectivity index is 2.69. The summed E-state index contributed by atoms with van der Waals surface area (Å²) in [6, 6.07) is 11.5. The lowest BCUT2D eigenvalue weighted by Crippen LogP contribution is -2.00. The van der Waals surface area contributed by atoms with Gasteiger partial charge in [0.2, 0.25) is 0 Å². The third kappa shape index (κ3) is 2.28. The van der Waals surface area contributed by atoms with Gasteiger partial charge < -0.3 is 5.11 Å². The molecular formula is C16H16O2. The Morgan fingerprint density at radius 1 is 0.889 bits per heavy atom. The molecule has 0 aliphatic heterocycles. The molecule has 1 N–H and O–H groups in total. The van der Waals surface area contributed by atoms with Gasteiger partial charge in [-0.15, -0.1) is 0 Å². The first-order valence-corrected chi connectivity index (χ1v) is 5.90. The van der Waals surface area contributed by atoms with Crippen molar-refractivity contribution in [3.05, 3.63) is 58.7 Å². The number of aryl methyl sites for hydroxylation is 3. The Morgan fingerprint density at radius 3 is 2.11 bits per heavy atom. The van der Waals surface area contributed by atoms with Gasteiger partial charge in [0.1, 0.15) is 0 Å². The lowest BCUT2D eigenvalue weighted by molar-refractivity contribution is 0.0698. The first-order chi connectivity index (χ1) is 8.49. The van der Waals surface area contributed by atoms with E-state index in [1.54, 1.807) is 6.07 Å². The monoisotopic (exact) mass is 240 g/mol. The molecule has 18 heavy (non-hydrogen) atoms. The van der Waals surface area contributed by atoms with E-state index in [4.69, 9.17) is 0 Å². The third-order valence-corrected chi connectivity index (χ3v) is 3.08. The normalized spacial score (nSPS) is 10.4. The summed E-state index contributed by atoms with van der Waals surface area (Å²) in [4.78, 5) is 11.3. The van der Waals surface area contributed by atoms with Crippen molar-refractivity contribution in [3.8, 4) is 11.1 Å². The Kier molecular flexibility index (Phi) is 3.19. The Labute approximate surface area is 107 Å². The van der Waals surface area contributed by atoms with Crippen molar-refractivity contribution in [1.29, 1.82) is 0 Å². The van der Waals surface area contributed by atoms with Crippen LogP contribution in [0.25, 0.3) is 11.1 Å². The second-order valence-electron chi connectivity index (χ2n) is 4.67. The van der Waals surface area contributed by atoms with Crippen molar-refractivity contribution in [2.45, 2.75) is 20.8 Å². The standard InChI is InChI=1S/C16H16O2/c1-10-4-6-13(12(3)8-10)15-9-11(2)5-7-14(15)16(17)18/h4-9H,1-3H3,(H,17,18). The summed E-state index contributed by atoms with van der Waals surface area (Å²) in [6.07, 6.45) is 0. The maximum atomic E-state index is 11.3. The lowest BCUT2D eigenvalue weighted by atomic mass is 9.93. The largest absolute Gasteiger partial charge is 0.478 e. The van der Waals surface area contributed by atoms with Gasteiger partial charge in [-0.3, -0.25) is 0 Å². The van der Waals surface area contributed by atoms with Crippen molar-refractivity contribution < 1.29 is 9.90 Å². The van der Waals surface area contributed by atoms with Crippen molar-refractivity contribution in [1.82, 2.24) is 0 Å². The zero-order chi connectivity index (χ0) is 13.3. The topological polar surface area (TPSA) is 37.3 Å². The molecule has 2 heteroatoms. The highest BCUT2D eigenvalue weighted by Gasteiger charge is 2.13. The third-order valence-electron chi connectivity index (χ3n) is 3.08. The molecule has 0 heterocycles. The van der Waals surface area contributed by atoms with Gasteiger partial charge in [-0.05, 0) is 43.5 Å². The van der Waals surface area contributed by atoms with Gasteiger partial charge in [0.15, 0.2) is 0 Å². The average molecular weight is 240 g/mol. The number of carbonyl (C=O) groups is 1. The van der Waals surface area contributed by atoms with Gasteiger partial charge in [-0.1, -0.05) is 41.5 Å². The van der Waals surface area contributed by atoms with Crippen LogP contribution in [0.2, 0.25) is 0 Å². The van der Waals surface area contributed by atoms with Gasteiger partial charge in [0.25, 0.3) is 0 Å². The number of hydrogen-bond donors (Lipinski definition) is 1. The highest BCUT2D eigenvalue weighted by Crippen LogP contribution is 2.28. The van der Waals surface area contributed by atoms with Crippen molar-refractivity contribution >= 4 is 5.97 Å². The summed E-state index contributed by atoms with van der Waals surface area (Å²) in [7, 11) is 0. The van der Waals surface area contributed by atoms with Crippen LogP contribution in [0.5, 0.6) is 0 Å². The SMILES string of the molecule is Cc1ccc(-c2cc(C)ccc2C(=O)O)c(C)c1. The van der Waals surface area contributed by atoms with E-state index in [2.05, 4.69) is 6.07 Å². The molecule has 0 fully saturated rings. The fourth-order valence-corrected chi connectivity index (χ4v) is 2.18. The summed E-state index contributed by atoms with van der Waals surface area (Å²) in [5.41, 5.74) is 5.48. The minimum atomic E-state index is -0.884. The summed E-state index contributed by atoms with van der Waals surface area (Å²) in [5.74, 6) is -0.884. The van der Waals surface area contributed by atoms with Crippen LogP contribution in [0.3, 0.4) is 0 Å². The molecule has 2 aromatic rings. The van der Waals surface area contributed by atoms with Gasteiger partial charge in [0.05, 0.1) is 5.56 Å². The second kappa shape index (κ2) is 4.65. The highest BCUT2D eigenvalue weighted by molar-refractivity contribution is 5.96. The van der Waals surface area contributed by atoms with E-state index in [0.717, 1.165) is 22.3 Å².